The second-order valence-electron chi connectivity index (χ2n) is 8.06. The number of esters is 2. The highest BCUT2D eigenvalue weighted by Gasteiger charge is 2.24. The summed E-state index contributed by atoms with van der Waals surface area (Å²) < 4.78 is 51.5. The lowest BCUT2D eigenvalue weighted by Crippen LogP contribution is -2.19. The first-order valence-corrected chi connectivity index (χ1v) is 13.6. The van der Waals surface area contributed by atoms with Gasteiger partial charge in [-0.15, -0.1) is 11.3 Å². The number of thiophene rings is 1. The molecule has 2 heterocycles. The maximum atomic E-state index is 13.2. The third-order valence-corrected chi connectivity index (χ3v) is 8.01. The number of hydrogen-bond acceptors (Lipinski definition) is 9. The molecule has 4 rings (SSSR count). The summed E-state index contributed by atoms with van der Waals surface area (Å²) in [4.78, 5) is 45.3. The van der Waals surface area contributed by atoms with Gasteiger partial charge in [0.25, 0.3) is 15.6 Å². The minimum absolute atomic E-state index is 0.0388. The van der Waals surface area contributed by atoms with Gasteiger partial charge in [0.15, 0.2) is 11.9 Å². The van der Waals surface area contributed by atoms with Crippen molar-refractivity contribution in [1.82, 2.24) is 9.97 Å². The molecule has 0 aliphatic carbocycles. The number of ether oxygens (including phenoxy) is 2. The van der Waals surface area contributed by atoms with E-state index >= 15 is 0 Å². The Bertz CT molecular complexity index is 1700. The van der Waals surface area contributed by atoms with E-state index in [9.17, 15) is 27.2 Å². The highest BCUT2D eigenvalue weighted by molar-refractivity contribution is 7.92. The predicted molar refractivity (Wildman–Crippen MR) is 138 cm³/mol. The number of benzene rings is 2. The van der Waals surface area contributed by atoms with Gasteiger partial charge in [-0.2, -0.15) is 0 Å². The number of rotatable bonds is 8. The average molecular weight is 560 g/mol. The van der Waals surface area contributed by atoms with Gasteiger partial charge in [0, 0.05) is 0 Å². The number of fused-ring (bicyclic) bond motifs is 1. The van der Waals surface area contributed by atoms with E-state index in [2.05, 4.69) is 14.7 Å². The van der Waals surface area contributed by atoms with Gasteiger partial charge in [-0.1, -0.05) is 12.1 Å². The summed E-state index contributed by atoms with van der Waals surface area (Å²) in [7, 11) is -4.13. The molecule has 2 N–H and O–H groups in total. The van der Waals surface area contributed by atoms with Crippen LogP contribution >= 0.6 is 11.3 Å². The van der Waals surface area contributed by atoms with Crippen LogP contribution in [0.2, 0.25) is 0 Å². The number of H-pyrrole nitrogens is 1. The van der Waals surface area contributed by atoms with Crippen LogP contribution in [0.4, 0.5) is 10.1 Å². The molecule has 0 saturated heterocycles. The Morgan fingerprint density at radius 1 is 1.13 bits per heavy atom. The van der Waals surface area contributed by atoms with Gasteiger partial charge in [-0.3, -0.25) is 9.52 Å². The zero-order chi connectivity index (χ0) is 27.6. The van der Waals surface area contributed by atoms with Crippen LogP contribution in [0.3, 0.4) is 0 Å². The molecule has 1 atom stereocenters. The van der Waals surface area contributed by atoms with Crippen molar-refractivity contribution in [1.29, 1.82) is 0 Å². The number of aromatic amines is 1. The Morgan fingerprint density at radius 3 is 2.50 bits per heavy atom. The van der Waals surface area contributed by atoms with Crippen molar-refractivity contribution in [2.24, 2.45) is 0 Å². The van der Waals surface area contributed by atoms with Crippen LogP contribution in [0.25, 0.3) is 10.2 Å². The third kappa shape index (κ3) is 5.43. The Labute approximate surface area is 220 Å². The summed E-state index contributed by atoms with van der Waals surface area (Å²) in [5.74, 6) is -2.00. The monoisotopic (exact) mass is 559 g/mol. The summed E-state index contributed by atoms with van der Waals surface area (Å²) in [5.41, 5.74) is -0.218. The number of carbonyl (C=O) groups excluding carboxylic acids is 2. The van der Waals surface area contributed by atoms with Gasteiger partial charge in [0.1, 0.15) is 15.5 Å². The van der Waals surface area contributed by atoms with Gasteiger partial charge in [0.05, 0.1) is 28.1 Å². The summed E-state index contributed by atoms with van der Waals surface area (Å²) in [6.45, 7) is 4.96. The van der Waals surface area contributed by atoms with E-state index in [1.54, 1.807) is 13.8 Å². The molecule has 0 aliphatic rings. The number of carbonyl (C=O) groups is 2. The molecular weight excluding hydrogens is 537 g/mol. The quantitative estimate of drug-likeness (QED) is 0.304. The smallest absolute Gasteiger partial charge is 0.348 e. The zero-order valence-electron chi connectivity index (χ0n) is 20.4. The van der Waals surface area contributed by atoms with Crippen molar-refractivity contribution < 1.29 is 31.9 Å². The molecule has 0 spiro atoms. The van der Waals surface area contributed by atoms with E-state index in [4.69, 9.17) is 9.47 Å². The number of para-hydroxylation sites is 1. The normalized spacial score (nSPS) is 12.2. The van der Waals surface area contributed by atoms with Gasteiger partial charge in [0.2, 0.25) is 0 Å². The minimum Gasteiger partial charge on any atom is -0.462 e. The number of nitrogens with one attached hydrogen (secondary N) is 2. The van der Waals surface area contributed by atoms with Crippen molar-refractivity contribution in [3.05, 3.63) is 86.5 Å². The van der Waals surface area contributed by atoms with Crippen molar-refractivity contribution in [3.63, 3.8) is 0 Å². The number of sulfonamides is 1. The fourth-order valence-electron chi connectivity index (χ4n) is 3.59. The van der Waals surface area contributed by atoms with Crippen LogP contribution in [0.1, 0.15) is 51.4 Å². The second kappa shape index (κ2) is 10.7. The van der Waals surface area contributed by atoms with Crippen LogP contribution in [0, 0.1) is 12.7 Å². The second-order valence-corrected chi connectivity index (χ2v) is 10.7. The molecule has 0 radical (unpaired) electrons. The van der Waals surface area contributed by atoms with Crippen LogP contribution in [0.15, 0.2) is 58.2 Å². The van der Waals surface area contributed by atoms with Gasteiger partial charge >= 0.3 is 11.9 Å². The molecule has 38 heavy (non-hydrogen) atoms. The molecule has 2 aromatic heterocycles. The molecule has 1 unspecified atom stereocenters. The first-order valence-electron chi connectivity index (χ1n) is 11.3. The lowest BCUT2D eigenvalue weighted by Gasteiger charge is -2.15. The molecular formula is C25H22FN3O7S2. The molecule has 13 heteroatoms. The number of hydrogen-bond donors (Lipinski definition) is 2. The molecule has 4 aromatic rings. The topological polar surface area (TPSA) is 145 Å². The Kier molecular flexibility index (Phi) is 7.60. The highest BCUT2D eigenvalue weighted by Crippen LogP contribution is 2.29. The van der Waals surface area contributed by atoms with E-state index in [0.717, 1.165) is 35.6 Å². The fraction of sp³-hybridized carbons (Fsp3) is 0.200. The van der Waals surface area contributed by atoms with Crippen molar-refractivity contribution >= 4 is 49.2 Å². The van der Waals surface area contributed by atoms with Crippen LogP contribution < -0.4 is 10.3 Å². The molecule has 198 valence electrons. The molecule has 0 aliphatic heterocycles. The average Bonchev–Trinajstić information content (AvgIpc) is 3.21. The first-order chi connectivity index (χ1) is 18.0. The number of aromatic nitrogens is 2. The molecule has 2 aromatic carbocycles. The Morgan fingerprint density at radius 2 is 1.82 bits per heavy atom. The van der Waals surface area contributed by atoms with Gasteiger partial charge < -0.3 is 14.5 Å². The molecule has 0 amide bonds. The maximum Gasteiger partial charge on any atom is 0.348 e. The van der Waals surface area contributed by atoms with E-state index in [-0.39, 0.29) is 43.7 Å². The van der Waals surface area contributed by atoms with Crippen LogP contribution in [-0.4, -0.2) is 36.9 Å². The van der Waals surface area contributed by atoms with Crippen molar-refractivity contribution in [3.8, 4) is 0 Å². The SMILES string of the molecule is CCOC(=O)c1sc2nc(C(C)OC(=O)c3ccccc3NS(=O)(=O)c3ccc(F)cc3)[nH]c(=O)c2c1C. The first kappa shape index (κ1) is 26.9. The molecule has 10 nitrogen and oxygen atoms in total. The van der Waals surface area contributed by atoms with Crippen LogP contribution in [0.5, 0.6) is 0 Å². The summed E-state index contributed by atoms with van der Waals surface area (Å²) in [6, 6.07) is 9.99. The Hall–Kier alpha value is -4.10. The molecule has 0 fully saturated rings. The number of nitrogens with zero attached hydrogens (tertiary/aromatic N) is 1. The van der Waals surface area contributed by atoms with E-state index in [0.29, 0.717) is 5.56 Å². The molecule has 0 saturated carbocycles. The zero-order valence-corrected chi connectivity index (χ0v) is 22.0. The number of aryl methyl sites for hydroxylation is 1. The van der Waals surface area contributed by atoms with Crippen molar-refractivity contribution in [2.45, 2.75) is 31.8 Å². The van der Waals surface area contributed by atoms with Gasteiger partial charge in [-0.05, 0) is 62.7 Å². The summed E-state index contributed by atoms with van der Waals surface area (Å²) in [6.07, 6.45) is -1.03. The summed E-state index contributed by atoms with van der Waals surface area (Å²) >= 11 is 0.994. The largest absolute Gasteiger partial charge is 0.462 e. The van der Waals surface area contributed by atoms with E-state index < -0.39 is 39.4 Å². The standard InChI is InChI=1S/C25H22FN3O7S2/c1-4-35-25(32)20-13(2)19-22(30)27-21(28-23(19)37-20)14(3)36-24(31)17-7-5-6-8-18(17)29-38(33,34)16-11-9-15(26)10-12-16/h5-12,14,29H,4H2,1-3H3,(H,27,28,30). The highest BCUT2D eigenvalue weighted by atomic mass is 32.2. The lowest BCUT2D eigenvalue weighted by molar-refractivity contribution is 0.0321. The summed E-state index contributed by atoms with van der Waals surface area (Å²) in [5, 5.41) is 0.237. The van der Waals surface area contributed by atoms with Gasteiger partial charge in [-0.25, -0.2) is 27.4 Å². The molecule has 0 bridgehead atoms. The Balaban J connectivity index is 1.59. The lowest BCUT2D eigenvalue weighted by atomic mass is 10.2. The van der Waals surface area contributed by atoms with Crippen LogP contribution in [-0.2, 0) is 19.5 Å². The van der Waals surface area contributed by atoms with E-state index in [1.165, 1.54) is 31.2 Å². The maximum absolute atomic E-state index is 13.2. The fourth-order valence-corrected chi connectivity index (χ4v) is 5.75. The third-order valence-electron chi connectivity index (χ3n) is 5.46. The van der Waals surface area contributed by atoms with Crippen molar-refractivity contribution in [2.75, 3.05) is 11.3 Å². The predicted octanol–water partition coefficient (Wildman–Crippen LogP) is 4.33. The number of halogens is 1. The van der Waals surface area contributed by atoms with E-state index in [1.807, 2.05) is 0 Å². The number of anilines is 1. The minimum atomic E-state index is -4.13.